The smallest absolute Gasteiger partial charge is 0.414 e. The Kier molecular flexibility index (Phi) is 6.17. The van der Waals surface area contributed by atoms with Crippen molar-refractivity contribution in [2.24, 2.45) is 0 Å². The molecule has 30 heavy (non-hydrogen) atoms. The van der Waals surface area contributed by atoms with Crippen LogP contribution in [-0.2, 0) is 19.4 Å². The van der Waals surface area contributed by atoms with Crippen LogP contribution in [0.1, 0.15) is 27.7 Å². The number of hydrogen-bond donors (Lipinski definition) is 0. The van der Waals surface area contributed by atoms with E-state index in [1.54, 1.807) is 49.1 Å². The van der Waals surface area contributed by atoms with Gasteiger partial charge in [-0.15, -0.1) is 0 Å². The third-order valence-corrected chi connectivity index (χ3v) is 6.88. The molecule has 0 saturated heterocycles. The fourth-order valence-electron chi connectivity index (χ4n) is 3.69. The molecule has 0 bridgehead atoms. The summed E-state index contributed by atoms with van der Waals surface area (Å²) in [5.74, 6) is -0.0982. The van der Waals surface area contributed by atoms with Crippen LogP contribution < -0.4 is 9.80 Å². The van der Waals surface area contributed by atoms with Crippen LogP contribution in [0.3, 0.4) is 0 Å². The van der Waals surface area contributed by atoms with Crippen LogP contribution in [0, 0.1) is 0 Å². The molecule has 1 aliphatic heterocycles. The third kappa shape index (κ3) is 4.05. The first-order chi connectivity index (χ1) is 14.2. The predicted molar refractivity (Wildman–Crippen MR) is 117 cm³/mol. The zero-order valence-electron chi connectivity index (χ0n) is 17.6. The van der Waals surface area contributed by atoms with Crippen molar-refractivity contribution in [2.75, 3.05) is 28.7 Å². The SMILES string of the molecule is CCOC(=O)N1CC(C)N(C(C)=O)c2ccc(-c3cccc(S(=O)(=O)CC)c3)cc21. The van der Waals surface area contributed by atoms with Crippen molar-refractivity contribution in [3.63, 3.8) is 0 Å². The normalized spacial score (nSPS) is 16.2. The molecule has 1 atom stereocenters. The lowest BCUT2D eigenvalue weighted by Gasteiger charge is -2.40. The lowest BCUT2D eigenvalue weighted by molar-refractivity contribution is -0.117. The van der Waals surface area contributed by atoms with E-state index in [2.05, 4.69) is 0 Å². The first-order valence-electron chi connectivity index (χ1n) is 9.91. The van der Waals surface area contributed by atoms with E-state index in [4.69, 9.17) is 4.74 Å². The van der Waals surface area contributed by atoms with Crippen molar-refractivity contribution in [1.29, 1.82) is 0 Å². The lowest BCUT2D eigenvalue weighted by atomic mass is 10.0. The number of nitrogens with zero attached hydrogens (tertiary/aromatic N) is 2. The summed E-state index contributed by atoms with van der Waals surface area (Å²) in [6, 6.07) is 11.9. The van der Waals surface area contributed by atoms with Gasteiger partial charge in [-0.25, -0.2) is 13.2 Å². The van der Waals surface area contributed by atoms with Gasteiger partial charge in [0.2, 0.25) is 5.91 Å². The second-order valence-electron chi connectivity index (χ2n) is 7.18. The molecule has 0 fully saturated rings. The molecular formula is C22H26N2O5S. The maximum absolute atomic E-state index is 12.6. The summed E-state index contributed by atoms with van der Waals surface area (Å²) in [5.41, 5.74) is 2.64. The van der Waals surface area contributed by atoms with Crippen molar-refractivity contribution in [3.8, 4) is 11.1 Å². The van der Waals surface area contributed by atoms with Gasteiger partial charge in [0.1, 0.15) is 0 Å². The van der Waals surface area contributed by atoms with Crippen LogP contribution in [0.15, 0.2) is 47.4 Å². The van der Waals surface area contributed by atoms with Crippen LogP contribution >= 0.6 is 0 Å². The van der Waals surface area contributed by atoms with Gasteiger partial charge in [0.15, 0.2) is 9.84 Å². The van der Waals surface area contributed by atoms with Gasteiger partial charge >= 0.3 is 6.09 Å². The molecule has 7 nitrogen and oxygen atoms in total. The van der Waals surface area contributed by atoms with Gasteiger partial charge in [0.25, 0.3) is 0 Å². The summed E-state index contributed by atoms with van der Waals surface area (Å²) >= 11 is 0. The highest BCUT2D eigenvalue weighted by Crippen LogP contribution is 2.39. The Morgan fingerprint density at radius 1 is 1.07 bits per heavy atom. The molecule has 0 aliphatic carbocycles. The van der Waals surface area contributed by atoms with E-state index in [0.717, 1.165) is 5.56 Å². The number of benzene rings is 2. The Bertz CT molecular complexity index is 1080. The van der Waals surface area contributed by atoms with E-state index in [1.165, 1.54) is 11.8 Å². The van der Waals surface area contributed by atoms with E-state index >= 15 is 0 Å². The highest BCUT2D eigenvalue weighted by molar-refractivity contribution is 7.91. The average Bonchev–Trinajstić information content (AvgIpc) is 2.72. The Morgan fingerprint density at radius 3 is 2.40 bits per heavy atom. The van der Waals surface area contributed by atoms with E-state index in [9.17, 15) is 18.0 Å². The quantitative estimate of drug-likeness (QED) is 0.735. The van der Waals surface area contributed by atoms with Gasteiger partial charge in [0, 0.05) is 13.5 Å². The number of carbonyl (C=O) groups excluding carboxylic acids is 2. The van der Waals surface area contributed by atoms with Crippen molar-refractivity contribution >= 4 is 33.2 Å². The van der Waals surface area contributed by atoms with Crippen LogP contribution in [0.25, 0.3) is 11.1 Å². The minimum Gasteiger partial charge on any atom is -0.449 e. The first-order valence-corrected chi connectivity index (χ1v) is 11.6. The van der Waals surface area contributed by atoms with Gasteiger partial charge in [-0.05, 0) is 49.2 Å². The molecule has 160 valence electrons. The molecule has 0 aromatic heterocycles. The fourth-order valence-corrected chi connectivity index (χ4v) is 4.62. The maximum Gasteiger partial charge on any atom is 0.414 e. The maximum atomic E-state index is 12.6. The number of hydrogen-bond acceptors (Lipinski definition) is 5. The van der Waals surface area contributed by atoms with Crippen LogP contribution in [0.5, 0.6) is 0 Å². The number of carbonyl (C=O) groups is 2. The molecule has 0 saturated carbocycles. The molecule has 2 aromatic rings. The number of anilines is 2. The lowest BCUT2D eigenvalue weighted by Crippen LogP contribution is -2.51. The second kappa shape index (κ2) is 8.47. The molecule has 1 unspecified atom stereocenters. The molecule has 1 heterocycles. The van der Waals surface area contributed by atoms with Crippen LogP contribution in [0.4, 0.5) is 16.2 Å². The van der Waals surface area contributed by atoms with Crippen molar-refractivity contribution in [3.05, 3.63) is 42.5 Å². The number of rotatable bonds is 4. The summed E-state index contributed by atoms with van der Waals surface area (Å²) in [7, 11) is -3.34. The molecule has 3 rings (SSSR count). The monoisotopic (exact) mass is 430 g/mol. The minimum absolute atomic E-state index is 0.0166. The second-order valence-corrected chi connectivity index (χ2v) is 9.46. The number of amides is 2. The highest BCUT2D eigenvalue weighted by atomic mass is 32.2. The van der Waals surface area contributed by atoms with Crippen molar-refractivity contribution in [2.45, 2.75) is 38.6 Å². The molecule has 2 amide bonds. The van der Waals surface area contributed by atoms with E-state index in [1.807, 2.05) is 19.1 Å². The van der Waals surface area contributed by atoms with E-state index in [-0.39, 0.29) is 29.2 Å². The third-order valence-electron chi connectivity index (χ3n) is 5.15. The van der Waals surface area contributed by atoms with E-state index < -0.39 is 15.9 Å². The summed E-state index contributed by atoms with van der Waals surface area (Å²) < 4.78 is 29.8. The van der Waals surface area contributed by atoms with Crippen molar-refractivity contribution < 1.29 is 22.7 Å². The Morgan fingerprint density at radius 2 is 1.77 bits per heavy atom. The Balaban J connectivity index is 2.14. The van der Waals surface area contributed by atoms with Gasteiger partial charge < -0.3 is 9.64 Å². The average molecular weight is 431 g/mol. The minimum atomic E-state index is -3.34. The van der Waals surface area contributed by atoms with Gasteiger partial charge in [0.05, 0.1) is 34.7 Å². The molecule has 0 radical (unpaired) electrons. The summed E-state index contributed by atoms with van der Waals surface area (Å²) in [5, 5.41) is 0. The summed E-state index contributed by atoms with van der Waals surface area (Å²) in [6.07, 6.45) is -0.478. The van der Waals surface area contributed by atoms with Gasteiger partial charge in [-0.1, -0.05) is 25.1 Å². The Labute approximate surface area is 177 Å². The molecular weight excluding hydrogens is 404 g/mol. The first kappa shape index (κ1) is 21.8. The number of sulfone groups is 1. The zero-order chi connectivity index (χ0) is 22.1. The van der Waals surface area contributed by atoms with Crippen molar-refractivity contribution in [1.82, 2.24) is 0 Å². The molecule has 0 spiro atoms. The van der Waals surface area contributed by atoms with Gasteiger partial charge in [-0.3, -0.25) is 9.69 Å². The summed E-state index contributed by atoms with van der Waals surface area (Å²) in [4.78, 5) is 28.3. The number of ether oxygens (including phenoxy) is 1. The standard InChI is InChI=1S/C22H26N2O5S/c1-5-29-22(26)23-14-15(3)24(16(4)25)20-11-10-18(13-21(20)23)17-8-7-9-19(12-17)30(27,28)6-2/h7-13,15H,5-6,14H2,1-4H3. The highest BCUT2D eigenvalue weighted by Gasteiger charge is 2.34. The summed E-state index contributed by atoms with van der Waals surface area (Å²) in [6.45, 7) is 7.27. The molecule has 8 heteroatoms. The van der Waals surface area contributed by atoms with E-state index in [0.29, 0.717) is 23.5 Å². The largest absolute Gasteiger partial charge is 0.449 e. The number of fused-ring (bicyclic) bond motifs is 1. The molecule has 0 N–H and O–H groups in total. The molecule has 2 aromatic carbocycles. The predicted octanol–water partition coefficient (Wildman–Crippen LogP) is 3.87. The van der Waals surface area contributed by atoms with Crippen LogP contribution in [0.2, 0.25) is 0 Å². The van der Waals surface area contributed by atoms with Gasteiger partial charge in [-0.2, -0.15) is 0 Å². The van der Waals surface area contributed by atoms with Crippen LogP contribution in [-0.4, -0.2) is 45.4 Å². The molecule has 1 aliphatic rings. The fraction of sp³-hybridized carbons (Fsp3) is 0.364. The zero-order valence-corrected chi connectivity index (χ0v) is 18.4. The Hall–Kier alpha value is -2.87. The topological polar surface area (TPSA) is 84.0 Å².